The van der Waals surface area contributed by atoms with Gasteiger partial charge in [0.2, 0.25) is 0 Å². The number of carbonyl (C=O) groups is 2. The molecule has 8 nitrogen and oxygen atoms in total. The number of ether oxygens (including phenoxy) is 4. The van der Waals surface area contributed by atoms with E-state index < -0.39 is 48.3 Å². The Kier molecular flexibility index (Phi) is 6.68. The van der Waals surface area contributed by atoms with Gasteiger partial charge in [-0.05, 0) is 20.8 Å². The second-order valence-electron chi connectivity index (χ2n) is 8.03. The summed E-state index contributed by atoms with van der Waals surface area (Å²) in [6.07, 6.45) is -4.28. The van der Waals surface area contributed by atoms with Gasteiger partial charge in [-0.1, -0.05) is 30.3 Å². The number of piperidine rings is 1. The number of amides is 1. The summed E-state index contributed by atoms with van der Waals surface area (Å²) in [5, 5.41) is 10.6. The number of rotatable bonds is 3. The molecule has 5 atom stereocenters. The van der Waals surface area contributed by atoms with E-state index in [1.165, 1.54) is 4.90 Å². The van der Waals surface area contributed by atoms with Crippen LogP contribution < -0.4 is 0 Å². The normalized spacial score (nSPS) is 29.7. The van der Waals surface area contributed by atoms with E-state index in [0.717, 1.165) is 5.56 Å². The number of fused-ring (bicyclic) bond motifs is 1. The second kappa shape index (κ2) is 8.87. The molecule has 2 fully saturated rings. The molecule has 1 amide bonds. The Morgan fingerprint density at radius 3 is 2.59 bits per heavy atom. The maximum absolute atomic E-state index is 12.7. The lowest BCUT2D eigenvalue weighted by Crippen LogP contribution is -2.67. The number of likely N-dealkylation sites (tertiary alicyclic amines) is 1. The monoisotopic (exact) mass is 427 g/mol. The average molecular weight is 428 g/mol. The van der Waals surface area contributed by atoms with Gasteiger partial charge in [0.25, 0.3) is 0 Å². The lowest BCUT2D eigenvalue weighted by atomic mass is 9.93. The third-order valence-corrected chi connectivity index (χ3v) is 4.86. The standard InChI is InChI=1S/C20H26ClNO7/c1-20(2,3)29-19(25)22-10-14(23)17(27-15(24)9-21)16-13(22)11-26-18(28-16)12-7-5-4-6-8-12/h4-8,13-14,16-18,23H,9-11H2,1-3H3/t13-,14+,16-,17-,18?/m1/s1. The van der Waals surface area contributed by atoms with Gasteiger partial charge in [0, 0.05) is 5.56 Å². The number of halogens is 1. The van der Waals surface area contributed by atoms with Crippen molar-refractivity contribution in [3.63, 3.8) is 0 Å². The minimum atomic E-state index is -1.16. The molecule has 160 valence electrons. The zero-order valence-electron chi connectivity index (χ0n) is 16.6. The molecule has 0 aliphatic carbocycles. The third kappa shape index (κ3) is 5.19. The topological polar surface area (TPSA) is 94.5 Å². The van der Waals surface area contributed by atoms with Crippen LogP contribution >= 0.6 is 11.6 Å². The highest BCUT2D eigenvalue weighted by molar-refractivity contribution is 6.26. The van der Waals surface area contributed by atoms with Crippen molar-refractivity contribution >= 4 is 23.7 Å². The molecule has 2 saturated heterocycles. The number of hydrogen-bond acceptors (Lipinski definition) is 7. The summed E-state index contributed by atoms with van der Waals surface area (Å²) < 4.78 is 22.7. The molecule has 0 radical (unpaired) electrons. The van der Waals surface area contributed by atoms with Gasteiger partial charge in [-0.3, -0.25) is 9.69 Å². The molecule has 0 saturated carbocycles. The van der Waals surface area contributed by atoms with Crippen LogP contribution in [-0.2, 0) is 23.7 Å². The van der Waals surface area contributed by atoms with Crippen LogP contribution in [-0.4, -0.2) is 71.1 Å². The number of alkyl halides is 1. The zero-order chi connectivity index (χ0) is 21.2. The number of hydrogen-bond donors (Lipinski definition) is 1. The van der Waals surface area contributed by atoms with E-state index in [1.54, 1.807) is 20.8 Å². The van der Waals surface area contributed by atoms with Crippen LogP contribution in [0.15, 0.2) is 30.3 Å². The van der Waals surface area contributed by atoms with E-state index in [9.17, 15) is 14.7 Å². The lowest BCUT2D eigenvalue weighted by Gasteiger charge is -2.49. The molecule has 1 aromatic rings. The average Bonchev–Trinajstić information content (AvgIpc) is 2.68. The highest BCUT2D eigenvalue weighted by Crippen LogP contribution is 2.35. The number of benzene rings is 1. The zero-order valence-corrected chi connectivity index (χ0v) is 17.4. The van der Waals surface area contributed by atoms with Crippen LogP contribution in [0.5, 0.6) is 0 Å². The maximum atomic E-state index is 12.7. The molecule has 29 heavy (non-hydrogen) atoms. The van der Waals surface area contributed by atoms with Gasteiger partial charge in [0.1, 0.15) is 23.7 Å². The van der Waals surface area contributed by atoms with Crippen molar-refractivity contribution < 1.29 is 33.6 Å². The molecule has 3 rings (SSSR count). The summed E-state index contributed by atoms with van der Waals surface area (Å²) in [6.45, 7) is 5.32. The van der Waals surface area contributed by atoms with Gasteiger partial charge in [-0.2, -0.15) is 0 Å². The van der Waals surface area contributed by atoms with Crippen molar-refractivity contribution in [2.45, 2.75) is 57.0 Å². The molecule has 9 heteroatoms. The summed E-state index contributed by atoms with van der Waals surface area (Å²) in [5.41, 5.74) is 0.0693. The Balaban J connectivity index is 1.85. The van der Waals surface area contributed by atoms with Gasteiger partial charge in [0.15, 0.2) is 12.4 Å². The summed E-state index contributed by atoms with van der Waals surface area (Å²) in [6, 6.07) is 8.66. The van der Waals surface area contributed by atoms with Gasteiger partial charge < -0.3 is 24.1 Å². The smallest absolute Gasteiger partial charge is 0.410 e. The van der Waals surface area contributed by atoms with Crippen LogP contribution in [0.25, 0.3) is 0 Å². The van der Waals surface area contributed by atoms with E-state index in [1.807, 2.05) is 30.3 Å². The molecular weight excluding hydrogens is 402 g/mol. The molecule has 1 aromatic carbocycles. The van der Waals surface area contributed by atoms with Crippen molar-refractivity contribution in [3.05, 3.63) is 35.9 Å². The molecule has 1 unspecified atom stereocenters. The van der Waals surface area contributed by atoms with Crippen LogP contribution in [0.3, 0.4) is 0 Å². The predicted molar refractivity (Wildman–Crippen MR) is 103 cm³/mol. The fraction of sp³-hybridized carbons (Fsp3) is 0.600. The first-order valence-corrected chi connectivity index (χ1v) is 9.98. The van der Waals surface area contributed by atoms with E-state index in [0.29, 0.717) is 0 Å². The molecule has 2 aliphatic heterocycles. The van der Waals surface area contributed by atoms with E-state index in [-0.39, 0.29) is 19.0 Å². The molecular formula is C20H26ClNO7. The third-order valence-electron chi connectivity index (χ3n) is 4.64. The molecule has 0 spiro atoms. The Bertz CT molecular complexity index is 723. The first-order chi connectivity index (χ1) is 13.7. The van der Waals surface area contributed by atoms with Crippen LogP contribution in [0.1, 0.15) is 32.6 Å². The van der Waals surface area contributed by atoms with Gasteiger partial charge in [0.05, 0.1) is 19.2 Å². The molecule has 0 bridgehead atoms. The van der Waals surface area contributed by atoms with Crippen molar-refractivity contribution in [1.29, 1.82) is 0 Å². The quantitative estimate of drug-likeness (QED) is 0.583. The fourth-order valence-corrected chi connectivity index (χ4v) is 3.48. The van der Waals surface area contributed by atoms with Crippen molar-refractivity contribution in [2.24, 2.45) is 0 Å². The van der Waals surface area contributed by atoms with Crippen LogP contribution in [0.2, 0.25) is 0 Å². The summed E-state index contributed by atoms with van der Waals surface area (Å²) in [4.78, 5) is 25.9. The SMILES string of the molecule is CC(C)(C)OC(=O)N1C[C@H](O)[C@@H](OC(=O)CCl)[C@@H]2OC(c3ccccc3)OC[C@H]21. The highest BCUT2D eigenvalue weighted by atomic mass is 35.5. The summed E-state index contributed by atoms with van der Waals surface area (Å²) in [5.74, 6) is -1.03. The summed E-state index contributed by atoms with van der Waals surface area (Å²) >= 11 is 5.56. The molecule has 0 aromatic heterocycles. The van der Waals surface area contributed by atoms with Crippen LogP contribution in [0, 0.1) is 0 Å². The minimum Gasteiger partial charge on any atom is -0.456 e. The van der Waals surface area contributed by atoms with E-state index in [2.05, 4.69) is 0 Å². The van der Waals surface area contributed by atoms with Crippen molar-refractivity contribution in [2.75, 3.05) is 19.0 Å². The molecule has 1 N–H and O–H groups in total. The van der Waals surface area contributed by atoms with Gasteiger partial charge in [-0.15, -0.1) is 11.6 Å². The lowest BCUT2D eigenvalue weighted by molar-refractivity contribution is -0.286. The first-order valence-electron chi connectivity index (χ1n) is 9.45. The highest BCUT2D eigenvalue weighted by Gasteiger charge is 2.52. The Morgan fingerprint density at radius 1 is 1.28 bits per heavy atom. The number of carbonyl (C=O) groups excluding carboxylic acids is 2. The van der Waals surface area contributed by atoms with E-state index in [4.69, 9.17) is 30.5 Å². The number of aliphatic hydroxyl groups excluding tert-OH is 1. The number of esters is 1. The minimum absolute atomic E-state index is 0.0843. The second-order valence-corrected chi connectivity index (χ2v) is 8.30. The molecule has 2 aliphatic rings. The van der Waals surface area contributed by atoms with Crippen molar-refractivity contribution in [1.82, 2.24) is 4.90 Å². The van der Waals surface area contributed by atoms with Crippen LogP contribution in [0.4, 0.5) is 4.79 Å². The first kappa shape index (κ1) is 21.8. The van der Waals surface area contributed by atoms with Crippen molar-refractivity contribution in [3.8, 4) is 0 Å². The maximum Gasteiger partial charge on any atom is 0.410 e. The number of β-amino-alcohol motifs (C(OH)–C–C–N with tert-alkyl or cyclic N) is 1. The Labute approximate surface area is 174 Å². The fourth-order valence-electron chi connectivity index (χ4n) is 3.42. The van der Waals surface area contributed by atoms with E-state index >= 15 is 0 Å². The number of nitrogens with zero attached hydrogens (tertiary/aromatic N) is 1. The Hall–Kier alpha value is -1.87. The largest absolute Gasteiger partial charge is 0.456 e. The predicted octanol–water partition coefficient (Wildman–Crippen LogP) is 2.23. The van der Waals surface area contributed by atoms with Gasteiger partial charge in [-0.25, -0.2) is 4.79 Å². The Morgan fingerprint density at radius 2 is 1.97 bits per heavy atom. The van der Waals surface area contributed by atoms with Gasteiger partial charge >= 0.3 is 12.1 Å². The molecule has 2 heterocycles. The summed E-state index contributed by atoms with van der Waals surface area (Å²) in [7, 11) is 0. The number of aliphatic hydroxyl groups is 1.